The smallest absolute Gasteiger partial charge is 0.338 e. The monoisotopic (exact) mass is 513 g/mol. The van der Waals surface area contributed by atoms with Crippen LogP contribution in [-0.2, 0) is 22.6 Å². The zero-order valence-electron chi connectivity index (χ0n) is 19.1. The zero-order valence-corrected chi connectivity index (χ0v) is 20.6. The van der Waals surface area contributed by atoms with E-state index in [9.17, 15) is 9.18 Å². The number of halogens is 3. The number of esters is 1. The van der Waals surface area contributed by atoms with Crippen molar-refractivity contribution < 1.29 is 23.4 Å². The van der Waals surface area contributed by atoms with Crippen molar-refractivity contribution in [2.75, 3.05) is 14.2 Å². The number of ether oxygens (including phenoxy) is 3. The lowest BCUT2D eigenvalue weighted by atomic mass is 10.1. The van der Waals surface area contributed by atoms with E-state index in [2.05, 4.69) is 0 Å². The summed E-state index contributed by atoms with van der Waals surface area (Å²) in [5.74, 6) is -0.310. The first kappa shape index (κ1) is 24.6. The minimum absolute atomic E-state index is 0.0262. The highest BCUT2D eigenvalue weighted by atomic mass is 35.5. The SMILES string of the molecule is COC=Cc1cn(Cc2cc(Cl)ccc2OCc2ccc(Cl)cc2F)c2cccc(C(=O)OC)c12. The summed E-state index contributed by atoms with van der Waals surface area (Å²) < 4.78 is 32.3. The van der Waals surface area contributed by atoms with E-state index >= 15 is 0 Å². The van der Waals surface area contributed by atoms with Gasteiger partial charge in [0.25, 0.3) is 0 Å². The molecule has 0 N–H and O–H groups in total. The van der Waals surface area contributed by atoms with Crippen molar-refractivity contribution in [3.05, 3.63) is 105 Å². The molecule has 1 heterocycles. The van der Waals surface area contributed by atoms with Gasteiger partial charge >= 0.3 is 5.97 Å². The van der Waals surface area contributed by atoms with Crippen LogP contribution in [0.15, 0.2) is 67.1 Å². The Balaban J connectivity index is 1.72. The summed E-state index contributed by atoms with van der Waals surface area (Å²) >= 11 is 12.1. The molecule has 0 fully saturated rings. The summed E-state index contributed by atoms with van der Waals surface area (Å²) in [7, 11) is 2.90. The topological polar surface area (TPSA) is 49.7 Å². The van der Waals surface area contributed by atoms with E-state index < -0.39 is 11.8 Å². The molecule has 0 radical (unpaired) electrons. The Labute approximate surface area is 212 Å². The van der Waals surface area contributed by atoms with Gasteiger partial charge in [-0.3, -0.25) is 0 Å². The van der Waals surface area contributed by atoms with Gasteiger partial charge in [-0.2, -0.15) is 0 Å². The van der Waals surface area contributed by atoms with Crippen LogP contribution in [0.1, 0.15) is 27.0 Å². The van der Waals surface area contributed by atoms with E-state index in [0.29, 0.717) is 33.5 Å². The molecule has 0 saturated carbocycles. The van der Waals surface area contributed by atoms with Crippen molar-refractivity contribution in [2.24, 2.45) is 0 Å². The number of rotatable bonds is 8. The molecule has 0 amide bonds. The van der Waals surface area contributed by atoms with Gasteiger partial charge in [-0.15, -0.1) is 0 Å². The minimum Gasteiger partial charge on any atom is -0.504 e. The average Bonchev–Trinajstić information content (AvgIpc) is 3.20. The van der Waals surface area contributed by atoms with Crippen LogP contribution in [0, 0.1) is 5.82 Å². The van der Waals surface area contributed by atoms with Crippen LogP contribution in [0.3, 0.4) is 0 Å². The Morgan fingerprint density at radius 1 is 1.03 bits per heavy atom. The quantitative estimate of drug-likeness (QED) is 0.186. The standard InChI is InChI=1S/C27H22Cl2FNO4/c1-33-11-10-17-14-31(24-5-3-4-22(26(17)24)27(32)34-2)15-19-12-20(28)8-9-25(19)35-16-18-6-7-21(29)13-23(18)30/h3-14H,15-16H2,1-2H3. The molecule has 0 unspecified atom stereocenters. The minimum atomic E-state index is -0.436. The van der Waals surface area contributed by atoms with Gasteiger partial charge in [-0.05, 0) is 48.5 Å². The second kappa shape index (κ2) is 10.8. The Morgan fingerprint density at radius 2 is 1.80 bits per heavy atom. The summed E-state index contributed by atoms with van der Waals surface area (Å²) in [5.41, 5.74) is 3.22. The molecule has 180 valence electrons. The van der Waals surface area contributed by atoms with Gasteiger partial charge in [0.05, 0.1) is 32.6 Å². The fourth-order valence-corrected chi connectivity index (χ4v) is 4.21. The first-order chi connectivity index (χ1) is 16.9. The molecule has 4 aromatic rings. The molecular weight excluding hydrogens is 492 g/mol. The third-order valence-electron chi connectivity index (χ3n) is 5.49. The Morgan fingerprint density at radius 3 is 2.54 bits per heavy atom. The highest BCUT2D eigenvalue weighted by Crippen LogP contribution is 2.31. The Hall–Kier alpha value is -3.48. The van der Waals surface area contributed by atoms with Crippen LogP contribution in [0.4, 0.5) is 4.39 Å². The maximum absolute atomic E-state index is 14.2. The summed E-state index contributed by atoms with van der Waals surface area (Å²) in [6.07, 6.45) is 5.24. The van der Waals surface area contributed by atoms with Crippen LogP contribution < -0.4 is 4.74 Å². The van der Waals surface area contributed by atoms with E-state index in [1.807, 2.05) is 16.8 Å². The average molecular weight is 514 g/mol. The molecule has 1 aromatic heterocycles. The summed E-state index contributed by atoms with van der Waals surface area (Å²) in [6.45, 7) is 0.416. The molecule has 4 rings (SSSR count). The molecule has 0 aliphatic carbocycles. The second-order valence-electron chi connectivity index (χ2n) is 7.72. The first-order valence-electron chi connectivity index (χ1n) is 10.7. The predicted octanol–water partition coefficient (Wildman–Crippen LogP) is 7.12. The molecule has 0 aliphatic rings. The third-order valence-corrected chi connectivity index (χ3v) is 5.96. The van der Waals surface area contributed by atoms with Crippen molar-refractivity contribution in [1.29, 1.82) is 0 Å². The Kier molecular flexibility index (Phi) is 7.63. The summed E-state index contributed by atoms with van der Waals surface area (Å²) in [5, 5.41) is 1.60. The number of hydrogen-bond acceptors (Lipinski definition) is 4. The number of methoxy groups -OCH3 is 2. The number of hydrogen-bond donors (Lipinski definition) is 0. The number of aromatic nitrogens is 1. The summed E-state index contributed by atoms with van der Waals surface area (Å²) in [4.78, 5) is 12.4. The van der Waals surface area contributed by atoms with Crippen molar-refractivity contribution >= 4 is 46.2 Å². The largest absolute Gasteiger partial charge is 0.504 e. The van der Waals surface area contributed by atoms with Gasteiger partial charge in [0.15, 0.2) is 0 Å². The van der Waals surface area contributed by atoms with Gasteiger partial charge in [-0.1, -0.05) is 35.3 Å². The van der Waals surface area contributed by atoms with E-state index in [0.717, 1.165) is 22.0 Å². The van der Waals surface area contributed by atoms with E-state index in [1.165, 1.54) is 13.2 Å². The normalized spacial score (nSPS) is 11.2. The van der Waals surface area contributed by atoms with Crippen molar-refractivity contribution in [1.82, 2.24) is 4.57 Å². The van der Waals surface area contributed by atoms with Gasteiger partial charge in [0, 0.05) is 43.8 Å². The first-order valence-corrected chi connectivity index (χ1v) is 11.4. The van der Waals surface area contributed by atoms with Gasteiger partial charge in [-0.25, -0.2) is 9.18 Å². The van der Waals surface area contributed by atoms with Crippen LogP contribution in [0.25, 0.3) is 17.0 Å². The lowest BCUT2D eigenvalue weighted by molar-refractivity contribution is 0.0603. The number of fused-ring (bicyclic) bond motifs is 1. The van der Waals surface area contributed by atoms with E-state index in [-0.39, 0.29) is 6.61 Å². The van der Waals surface area contributed by atoms with E-state index in [4.69, 9.17) is 37.4 Å². The molecule has 5 nitrogen and oxygen atoms in total. The number of carbonyl (C=O) groups is 1. The van der Waals surface area contributed by atoms with E-state index in [1.54, 1.807) is 61.9 Å². The third kappa shape index (κ3) is 5.45. The van der Waals surface area contributed by atoms with Crippen LogP contribution in [-0.4, -0.2) is 24.8 Å². The van der Waals surface area contributed by atoms with Crippen molar-refractivity contribution in [3.8, 4) is 5.75 Å². The van der Waals surface area contributed by atoms with Crippen molar-refractivity contribution in [3.63, 3.8) is 0 Å². The lowest BCUT2D eigenvalue weighted by Gasteiger charge is -2.14. The molecular formula is C27H22Cl2FNO4. The van der Waals surface area contributed by atoms with Crippen molar-refractivity contribution in [2.45, 2.75) is 13.2 Å². The number of carbonyl (C=O) groups excluding carboxylic acids is 1. The highest BCUT2D eigenvalue weighted by molar-refractivity contribution is 6.30. The van der Waals surface area contributed by atoms with Gasteiger partial charge in [0.1, 0.15) is 18.2 Å². The molecule has 0 atom stereocenters. The Bertz CT molecular complexity index is 1410. The molecule has 0 saturated heterocycles. The van der Waals surface area contributed by atoms with Crippen LogP contribution >= 0.6 is 23.2 Å². The van der Waals surface area contributed by atoms with Crippen LogP contribution in [0.5, 0.6) is 5.75 Å². The van der Waals surface area contributed by atoms with Gasteiger partial charge in [0.2, 0.25) is 0 Å². The predicted molar refractivity (Wildman–Crippen MR) is 136 cm³/mol. The molecule has 8 heteroatoms. The molecule has 3 aromatic carbocycles. The summed E-state index contributed by atoms with van der Waals surface area (Å²) in [6, 6.07) is 15.2. The fourth-order valence-electron chi connectivity index (χ4n) is 3.85. The lowest BCUT2D eigenvalue weighted by Crippen LogP contribution is -2.05. The second-order valence-corrected chi connectivity index (χ2v) is 8.59. The van der Waals surface area contributed by atoms with Crippen LogP contribution in [0.2, 0.25) is 10.0 Å². The molecule has 0 spiro atoms. The number of benzene rings is 3. The molecule has 0 bridgehead atoms. The molecule has 35 heavy (non-hydrogen) atoms. The molecule has 0 aliphatic heterocycles. The maximum atomic E-state index is 14.2. The van der Waals surface area contributed by atoms with Gasteiger partial charge < -0.3 is 18.8 Å². The zero-order chi connectivity index (χ0) is 24.9. The highest BCUT2D eigenvalue weighted by Gasteiger charge is 2.18. The maximum Gasteiger partial charge on any atom is 0.338 e. The fraction of sp³-hybridized carbons (Fsp3) is 0.148. The number of nitrogens with zero attached hydrogens (tertiary/aromatic N) is 1.